The lowest BCUT2D eigenvalue weighted by Gasteiger charge is -2.38. The van der Waals surface area contributed by atoms with Crippen molar-refractivity contribution >= 4 is 5.82 Å². The number of fused-ring (bicyclic) bond motifs is 3. The fraction of sp³-hybridized carbons (Fsp3) is 0.588. The van der Waals surface area contributed by atoms with Crippen LogP contribution in [0, 0.1) is 41.4 Å². The third-order valence-electron chi connectivity index (χ3n) is 10.3. The number of nitrogens with zero attached hydrogens (tertiary/aromatic N) is 2. The minimum absolute atomic E-state index is 0.367. The number of aryl methyl sites for hydroxylation is 1. The van der Waals surface area contributed by atoms with Crippen LogP contribution in [0.4, 0.5) is 5.82 Å². The lowest BCUT2D eigenvalue weighted by molar-refractivity contribution is -0.208. The average Bonchev–Trinajstić information content (AvgIpc) is 3.41. The van der Waals surface area contributed by atoms with E-state index in [1.807, 2.05) is 0 Å². The fourth-order valence-electron chi connectivity index (χ4n) is 7.70. The van der Waals surface area contributed by atoms with Gasteiger partial charge in [-0.25, -0.2) is 0 Å². The quantitative estimate of drug-likeness (QED) is 0.332. The van der Waals surface area contributed by atoms with Gasteiger partial charge in [0, 0.05) is 44.7 Å². The van der Waals surface area contributed by atoms with Crippen molar-refractivity contribution in [2.45, 2.75) is 52.4 Å². The first kappa shape index (κ1) is 26.9. The Kier molecular flexibility index (Phi) is 8.02. The zero-order valence-electron chi connectivity index (χ0n) is 24.0. The molecule has 1 aromatic rings. The van der Waals surface area contributed by atoms with Crippen LogP contribution in [0.5, 0.6) is 0 Å². The number of aromatic nitrogens is 1. The Morgan fingerprint density at radius 1 is 1.21 bits per heavy atom. The number of aliphatic hydroxyl groups is 1. The lowest BCUT2D eigenvalue weighted by atomic mass is 9.82. The second-order valence-corrected chi connectivity index (χ2v) is 12.8. The Bertz CT molecular complexity index is 1170. The van der Waals surface area contributed by atoms with Crippen LogP contribution in [0.3, 0.4) is 0 Å². The van der Waals surface area contributed by atoms with Gasteiger partial charge in [-0.3, -0.25) is 4.90 Å². The summed E-state index contributed by atoms with van der Waals surface area (Å²) in [4.78, 5) is 2.16. The van der Waals surface area contributed by atoms with Gasteiger partial charge >= 0.3 is 0 Å². The van der Waals surface area contributed by atoms with Crippen LogP contribution in [-0.2, 0) is 18.2 Å². The first-order valence-electron chi connectivity index (χ1n) is 15.3. The molecule has 0 aromatic carbocycles. The smallest absolute Gasteiger partial charge is 0.216 e. The Labute approximate surface area is 235 Å². The van der Waals surface area contributed by atoms with Crippen molar-refractivity contribution in [1.29, 1.82) is 0 Å². The second-order valence-electron chi connectivity index (χ2n) is 12.8. The molecule has 0 saturated carbocycles. The minimum Gasteiger partial charge on any atom is -0.371 e. The highest BCUT2D eigenvalue weighted by Gasteiger charge is 2.41. The van der Waals surface area contributed by atoms with Crippen molar-refractivity contribution < 1.29 is 9.84 Å². The molecule has 0 amide bonds. The summed E-state index contributed by atoms with van der Waals surface area (Å²) in [6.07, 6.45) is 25.5. The van der Waals surface area contributed by atoms with Gasteiger partial charge in [0.1, 0.15) is 5.82 Å². The maximum absolute atomic E-state index is 11.1. The van der Waals surface area contributed by atoms with Crippen LogP contribution in [-0.4, -0.2) is 47.2 Å². The number of anilines is 1. The topological polar surface area (TPSA) is 49.7 Å². The van der Waals surface area contributed by atoms with Crippen LogP contribution in [0.25, 0.3) is 0 Å². The number of aliphatic hydroxyl groups excluding tert-OH is 1. The molecule has 3 heterocycles. The Hall–Kier alpha value is -2.34. The molecule has 39 heavy (non-hydrogen) atoms. The van der Waals surface area contributed by atoms with Crippen molar-refractivity contribution in [1.82, 2.24) is 9.47 Å². The molecule has 1 fully saturated rings. The van der Waals surface area contributed by atoms with Crippen molar-refractivity contribution in [3.05, 3.63) is 77.6 Å². The molecule has 0 spiro atoms. The summed E-state index contributed by atoms with van der Waals surface area (Å²) in [5.41, 5.74) is 4.49. The third kappa shape index (κ3) is 5.51. The monoisotopic (exact) mass is 529 g/mol. The van der Waals surface area contributed by atoms with E-state index < -0.39 is 6.41 Å². The van der Waals surface area contributed by atoms with Crippen LogP contribution in [0.15, 0.2) is 72.0 Å². The number of hydrogen-bond donors (Lipinski definition) is 2. The largest absolute Gasteiger partial charge is 0.371 e. The van der Waals surface area contributed by atoms with Crippen LogP contribution in [0.1, 0.15) is 45.1 Å². The molecule has 3 aliphatic carbocycles. The van der Waals surface area contributed by atoms with Crippen LogP contribution >= 0.6 is 0 Å². The standard InChI is InChI=1S/C34H47N3O2/c1-23-15-18-37(21-27(23)10-8-9-25-19-26-16-17-36(3)33(26)35-20-24(25)2)34(38)39-22-32-30-13-6-4-11-28(30)29-12-5-7-14-31(29)32/h4-6,8,10-13,16-17,23-25,27-28,30,32,34-35,38H,7,9,14-15,18-22H2,1-3H3/b10-8+/t23?,24?,25-,27?,28?,30?,32?,34?/m1/s1. The van der Waals surface area contributed by atoms with E-state index in [9.17, 15) is 5.11 Å². The number of likely N-dealkylation sites (tertiary alicyclic amines) is 1. The van der Waals surface area contributed by atoms with E-state index >= 15 is 0 Å². The zero-order valence-corrected chi connectivity index (χ0v) is 24.0. The summed E-state index contributed by atoms with van der Waals surface area (Å²) >= 11 is 0. The Morgan fingerprint density at radius 2 is 2.08 bits per heavy atom. The van der Waals surface area contributed by atoms with Crippen LogP contribution < -0.4 is 5.32 Å². The molecule has 8 atom stereocenters. The number of nitrogens with one attached hydrogen (secondary N) is 1. The minimum atomic E-state index is -0.830. The lowest BCUT2D eigenvalue weighted by Crippen LogP contribution is -2.46. The van der Waals surface area contributed by atoms with Gasteiger partial charge < -0.3 is 19.7 Å². The highest BCUT2D eigenvalue weighted by atomic mass is 16.6. The van der Waals surface area contributed by atoms with Gasteiger partial charge in [-0.2, -0.15) is 0 Å². The van der Waals surface area contributed by atoms with Crippen molar-refractivity contribution in [2.75, 3.05) is 31.6 Å². The molecule has 0 radical (unpaired) electrons. The van der Waals surface area contributed by atoms with Gasteiger partial charge in [-0.1, -0.05) is 68.0 Å². The highest BCUT2D eigenvalue weighted by molar-refractivity contribution is 5.48. The van der Waals surface area contributed by atoms with Crippen molar-refractivity contribution in [3.8, 4) is 0 Å². The summed E-state index contributed by atoms with van der Waals surface area (Å²) in [6, 6.07) is 2.27. The Balaban J connectivity index is 1.04. The van der Waals surface area contributed by atoms with Crippen molar-refractivity contribution in [3.63, 3.8) is 0 Å². The van der Waals surface area contributed by atoms with Gasteiger partial charge in [0.2, 0.25) is 6.41 Å². The van der Waals surface area contributed by atoms with Gasteiger partial charge in [-0.05, 0) is 78.9 Å². The van der Waals surface area contributed by atoms with E-state index in [0.717, 1.165) is 51.7 Å². The third-order valence-corrected chi connectivity index (χ3v) is 10.3. The van der Waals surface area contributed by atoms with E-state index in [0.29, 0.717) is 48.0 Å². The summed E-state index contributed by atoms with van der Waals surface area (Å²) in [5.74, 6) is 4.94. The molecule has 210 valence electrons. The number of allylic oxidation sites excluding steroid dienone is 8. The van der Waals surface area contributed by atoms with Gasteiger partial charge in [0.25, 0.3) is 0 Å². The molecule has 5 aliphatic rings. The summed E-state index contributed by atoms with van der Waals surface area (Å²) in [5, 5.41) is 14.8. The van der Waals surface area contributed by atoms with Crippen LogP contribution in [0.2, 0.25) is 0 Å². The maximum Gasteiger partial charge on any atom is 0.216 e. The van der Waals surface area contributed by atoms with Crippen molar-refractivity contribution in [2.24, 2.45) is 48.5 Å². The molecule has 5 nitrogen and oxygen atoms in total. The molecule has 2 aliphatic heterocycles. The molecule has 7 unspecified atom stereocenters. The first-order valence-corrected chi connectivity index (χ1v) is 15.3. The molecular weight excluding hydrogens is 482 g/mol. The van der Waals surface area contributed by atoms with Gasteiger partial charge in [0.15, 0.2) is 0 Å². The van der Waals surface area contributed by atoms with Gasteiger partial charge in [0.05, 0.1) is 6.61 Å². The number of hydrogen-bond acceptors (Lipinski definition) is 4. The fourth-order valence-corrected chi connectivity index (χ4v) is 7.70. The summed E-state index contributed by atoms with van der Waals surface area (Å²) < 4.78 is 8.45. The molecule has 1 aromatic heterocycles. The highest BCUT2D eigenvalue weighted by Crippen LogP contribution is 2.48. The molecule has 6 rings (SSSR count). The molecule has 2 N–H and O–H groups in total. The molecule has 5 heteroatoms. The zero-order chi connectivity index (χ0) is 26.9. The van der Waals surface area contributed by atoms with E-state index in [4.69, 9.17) is 4.74 Å². The SMILES string of the molecule is CC1CCN(C(O)OCC2C3=C(C=CCC3)C3C=CC=CC32)CC1/C=C/C[C@@H]1Cc2ccn(C)c2NCC1C. The first-order chi connectivity index (χ1) is 19.0. The summed E-state index contributed by atoms with van der Waals surface area (Å²) in [7, 11) is 2.13. The Morgan fingerprint density at radius 3 is 2.97 bits per heavy atom. The second kappa shape index (κ2) is 11.6. The van der Waals surface area contributed by atoms with E-state index in [1.54, 1.807) is 5.57 Å². The average molecular weight is 530 g/mol. The van der Waals surface area contributed by atoms with E-state index in [-0.39, 0.29) is 0 Å². The number of rotatable bonds is 7. The predicted octanol–water partition coefficient (Wildman–Crippen LogP) is 6.08. The molecular formula is C34H47N3O2. The molecule has 0 bridgehead atoms. The van der Waals surface area contributed by atoms with E-state index in [1.165, 1.54) is 17.0 Å². The number of piperidine rings is 1. The maximum atomic E-state index is 11.1. The summed E-state index contributed by atoms with van der Waals surface area (Å²) in [6.45, 7) is 8.12. The molecule has 1 saturated heterocycles. The predicted molar refractivity (Wildman–Crippen MR) is 159 cm³/mol. The number of ether oxygens (including phenoxy) is 1. The normalized spacial score (nSPS) is 35.0. The van der Waals surface area contributed by atoms with Gasteiger partial charge in [-0.15, -0.1) is 0 Å². The van der Waals surface area contributed by atoms with E-state index in [2.05, 4.69) is 96.6 Å².